The molecule has 1 amide bonds. The van der Waals surface area contributed by atoms with E-state index in [1.165, 1.54) is 13.1 Å². The lowest BCUT2D eigenvalue weighted by Gasteiger charge is -2.06. The fourth-order valence-corrected chi connectivity index (χ4v) is 1.34. The van der Waals surface area contributed by atoms with Gasteiger partial charge in [-0.2, -0.15) is 0 Å². The Kier molecular flexibility index (Phi) is 2.03. The molecule has 0 spiro atoms. The van der Waals surface area contributed by atoms with Crippen LogP contribution in [0.1, 0.15) is 13.0 Å². The van der Waals surface area contributed by atoms with Gasteiger partial charge in [0.05, 0.1) is 0 Å². The summed E-state index contributed by atoms with van der Waals surface area (Å²) in [6.45, 7) is 1.52. The number of carbonyl (C=O) groups excluding carboxylic acids is 1. The van der Waals surface area contributed by atoms with Gasteiger partial charge in [0, 0.05) is 6.20 Å². The molecule has 2 aromatic heterocycles. The molecule has 15 heavy (non-hydrogen) atoms. The number of fused-ring (bicyclic) bond motifs is 1. The van der Waals surface area contributed by atoms with Gasteiger partial charge in [-0.25, -0.2) is 14.3 Å². The van der Waals surface area contributed by atoms with Crippen LogP contribution in [-0.2, 0) is 4.79 Å². The first-order valence-electron chi connectivity index (χ1n) is 4.36. The molecule has 1 unspecified atom stereocenters. The van der Waals surface area contributed by atoms with Gasteiger partial charge in [-0.1, -0.05) is 0 Å². The smallest absolute Gasteiger partial charge is 0.406 e. The first-order chi connectivity index (χ1) is 7.11. The zero-order valence-electron chi connectivity index (χ0n) is 8.01. The van der Waals surface area contributed by atoms with Crippen LogP contribution in [0.15, 0.2) is 27.5 Å². The van der Waals surface area contributed by atoms with Crippen LogP contribution in [-0.4, -0.2) is 15.5 Å². The molecular formula is C9H9N3O3. The van der Waals surface area contributed by atoms with Gasteiger partial charge in [0.15, 0.2) is 11.2 Å². The third kappa shape index (κ3) is 1.39. The second-order valence-electron chi connectivity index (χ2n) is 3.14. The molecular weight excluding hydrogens is 198 g/mol. The summed E-state index contributed by atoms with van der Waals surface area (Å²) in [7, 11) is 0. The van der Waals surface area contributed by atoms with Crippen molar-refractivity contribution in [1.29, 1.82) is 0 Å². The predicted octanol–water partition coefficient (Wildman–Crippen LogP) is 0.0358. The van der Waals surface area contributed by atoms with E-state index in [-0.39, 0.29) is 0 Å². The highest BCUT2D eigenvalue weighted by atomic mass is 16.4. The first-order valence-corrected chi connectivity index (χ1v) is 4.36. The molecule has 0 aliphatic heterocycles. The number of amides is 1. The molecule has 0 bridgehead atoms. The minimum Gasteiger partial charge on any atom is -0.406 e. The van der Waals surface area contributed by atoms with Gasteiger partial charge in [-0.15, -0.1) is 0 Å². The SMILES string of the molecule is CC(C(N)=O)n1c(=O)oc2cccnc21. The normalized spacial score (nSPS) is 12.9. The topological polar surface area (TPSA) is 91.1 Å². The second kappa shape index (κ2) is 3.23. The number of pyridine rings is 1. The lowest BCUT2D eigenvalue weighted by atomic mass is 10.3. The van der Waals surface area contributed by atoms with Crippen molar-refractivity contribution in [2.45, 2.75) is 13.0 Å². The number of hydrogen-bond donors (Lipinski definition) is 1. The average molecular weight is 207 g/mol. The van der Waals surface area contributed by atoms with E-state index < -0.39 is 17.7 Å². The van der Waals surface area contributed by atoms with E-state index >= 15 is 0 Å². The zero-order valence-corrected chi connectivity index (χ0v) is 8.01. The summed E-state index contributed by atoms with van der Waals surface area (Å²) in [5.74, 6) is -1.24. The summed E-state index contributed by atoms with van der Waals surface area (Å²) >= 11 is 0. The van der Waals surface area contributed by atoms with Crippen molar-refractivity contribution in [3.8, 4) is 0 Å². The summed E-state index contributed by atoms with van der Waals surface area (Å²) in [4.78, 5) is 26.4. The maximum Gasteiger partial charge on any atom is 0.421 e. The molecule has 0 fully saturated rings. The predicted molar refractivity (Wildman–Crippen MR) is 52.2 cm³/mol. The molecule has 6 nitrogen and oxygen atoms in total. The molecule has 2 N–H and O–H groups in total. The minimum absolute atomic E-state index is 0.328. The fraction of sp³-hybridized carbons (Fsp3) is 0.222. The molecule has 2 aromatic rings. The van der Waals surface area contributed by atoms with Crippen molar-refractivity contribution in [3.05, 3.63) is 28.9 Å². The number of nitrogens with zero attached hydrogens (tertiary/aromatic N) is 2. The van der Waals surface area contributed by atoms with Crippen molar-refractivity contribution < 1.29 is 9.21 Å². The Morgan fingerprint density at radius 2 is 2.40 bits per heavy atom. The first kappa shape index (κ1) is 9.45. The molecule has 2 heterocycles. The Morgan fingerprint density at radius 3 is 3.07 bits per heavy atom. The third-order valence-electron chi connectivity index (χ3n) is 2.17. The van der Waals surface area contributed by atoms with Gasteiger partial charge < -0.3 is 10.2 Å². The summed E-state index contributed by atoms with van der Waals surface area (Å²) in [6, 6.07) is 2.48. The van der Waals surface area contributed by atoms with Gasteiger partial charge in [-0.05, 0) is 19.1 Å². The van der Waals surface area contributed by atoms with E-state index in [4.69, 9.17) is 10.2 Å². The number of oxazole rings is 1. The highest BCUT2D eigenvalue weighted by Crippen LogP contribution is 2.13. The van der Waals surface area contributed by atoms with Crippen molar-refractivity contribution in [2.75, 3.05) is 0 Å². The van der Waals surface area contributed by atoms with Gasteiger partial charge in [0.1, 0.15) is 6.04 Å². The Bertz CT molecular complexity index is 569. The molecule has 1 atom stereocenters. The van der Waals surface area contributed by atoms with Crippen LogP contribution in [0.25, 0.3) is 11.2 Å². The summed E-state index contributed by atoms with van der Waals surface area (Å²) in [6.07, 6.45) is 1.52. The third-order valence-corrected chi connectivity index (χ3v) is 2.17. The number of primary amides is 1. The summed E-state index contributed by atoms with van der Waals surface area (Å²) in [5.41, 5.74) is 5.79. The van der Waals surface area contributed by atoms with Crippen molar-refractivity contribution in [2.24, 2.45) is 5.73 Å². The molecule has 0 aromatic carbocycles. The van der Waals surface area contributed by atoms with Gasteiger partial charge in [0.2, 0.25) is 5.91 Å². The highest BCUT2D eigenvalue weighted by Gasteiger charge is 2.19. The van der Waals surface area contributed by atoms with Crippen molar-refractivity contribution in [1.82, 2.24) is 9.55 Å². The quantitative estimate of drug-likeness (QED) is 0.752. The van der Waals surface area contributed by atoms with Crippen LogP contribution in [0.3, 0.4) is 0 Å². The maximum absolute atomic E-state index is 11.4. The van der Waals surface area contributed by atoms with Crippen LogP contribution in [0.5, 0.6) is 0 Å². The maximum atomic E-state index is 11.4. The molecule has 0 aliphatic rings. The Labute approximate surface area is 84.3 Å². The van der Waals surface area contributed by atoms with Crippen molar-refractivity contribution in [3.63, 3.8) is 0 Å². The van der Waals surface area contributed by atoms with E-state index in [0.29, 0.717) is 11.2 Å². The number of hydrogen-bond acceptors (Lipinski definition) is 4. The minimum atomic E-state index is -0.770. The molecule has 78 valence electrons. The van der Waals surface area contributed by atoms with E-state index in [1.807, 2.05) is 0 Å². The highest BCUT2D eigenvalue weighted by molar-refractivity contribution is 5.80. The lowest BCUT2D eigenvalue weighted by Crippen LogP contribution is -2.29. The second-order valence-corrected chi connectivity index (χ2v) is 3.14. The van der Waals surface area contributed by atoms with Crippen LogP contribution >= 0.6 is 0 Å². The van der Waals surface area contributed by atoms with Gasteiger partial charge in [0.25, 0.3) is 0 Å². The fourth-order valence-electron chi connectivity index (χ4n) is 1.34. The van der Waals surface area contributed by atoms with E-state index in [2.05, 4.69) is 4.98 Å². The van der Waals surface area contributed by atoms with Crippen molar-refractivity contribution >= 4 is 17.1 Å². The van der Waals surface area contributed by atoms with E-state index in [9.17, 15) is 9.59 Å². The number of rotatable bonds is 2. The monoisotopic (exact) mass is 207 g/mol. The molecule has 0 radical (unpaired) electrons. The van der Waals surface area contributed by atoms with Crippen LogP contribution < -0.4 is 11.5 Å². The number of aromatic nitrogens is 2. The Hall–Kier alpha value is -2.11. The summed E-state index contributed by atoms with van der Waals surface area (Å²) < 4.78 is 6.04. The van der Waals surface area contributed by atoms with Crippen LogP contribution in [0, 0.1) is 0 Å². The number of nitrogens with two attached hydrogens (primary N) is 1. The standard InChI is InChI=1S/C9H9N3O3/c1-5(7(10)13)12-8-6(15-9(12)14)3-2-4-11-8/h2-5H,1H3,(H2,10,13). The Morgan fingerprint density at radius 1 is 1.67 bits per heavy atom. The zero-order chi connectivity index (χ0) is 11.0. The lowest BCUT2D eigenvalue weighted by molar-refractivity contribution is -0.120. The van der Waals surface area contributed by atoms with Crippen LogP contribution in [0.2, 0.25) is 0 Å². The Balaban J connectivity index is 2.74. The molecule has 6 heteroatoms. The molecule has 2 rings (SSSR count). The summed E-state index contributed by atoms with van der Waals surface area (Å²) in [5, 5.41) is 0. The molecule has 0 saturated carbocycles. The largest absolute Gasteiger partial charge is 0.421 e. The van der Waals surface area contributed by atoms with Crippen LogP contribution in [0.4, 0.5) is 0 Å². The average Bonchev–Trinajstić information content (AvgIpc) is 2.52. The van der Waals surface area contributed by atoms with E-state index in [1.54, 1.807) is 12.1 Å². The van der Waals surface area contributed by atoms with E-state index in [0.717, 1.165) is 4.57 Å². The van der Waals surface area contributed by atoms with Gasteiger partial charge >= 0.3 is 5.76 Å². The van der Waals surface area contributed by atoms with Gasteiger partial charge in [-0.3, -0.25) is 4.79 Å². The number of carbonyl (C=O) groups is 1. The molecule has 0 aliphatic carbocycles. The molecule has 0 saturated heterocycles.